The van der Waals surface area contributed by atoms with Gasteiger partial charge in [0.2, 0.25) is 5.95 Å². The van der Waals surface area contributed by atoms with Crippen LogP contribution >= 0.6 is 27.7 Å². The third kappa shape index (κ3) is 3.21. The summed E-state index contributed by atoms with van der Waals surface area (Å²) in [6, 6.07) is 19.5. The molecule has 2 aromatic carbocycles. The highest BCUT2D eigenvalue weighted by Crippen LogP contribution is 2.35. The molecule has 0 aliphatic carbocycles. The van der Waals surface area contributed by atoms with E-state index < -0.39 is 0 Å². The van der Waals surface area contributed by atoms with Gasteiger partial charge >= 0.3 is 0 Å². The molecule has 26 heavy (non-hydrogen) atoms. The maximum absolute atomic E-state index is 6.03. The zero-order chi connectivity index (χ0) is 18.1. The second-order valence-corrected chi connectivity index (χ2v) is 6.72. The first-order valence-electron chi connectivity index (χ1n) is 7.82. The van der Waals surface area contributed by atoms with Gasteiger partial charge in [0, 0.05) is 11.6 Å². The summed E-state index contributed by atoms with van der Waals surface area (Å²) in [6.07, 6.45) is 1.68. The van der Waals surface area contributed by atoms with Crippen LogP contribution in [0.5, 0.6) is 0 Å². The van der Waals surface area contributed by atoms with Crippen LogP contribution in [0.25, 0.3) is 22.0 Å². The Balaban J connectivity index is 1.90. The molecule has 128 valence electrons. The highest BCUT2D eigenvalue weighted by molar-refractivity contribution is 9.10. The van der Waals surface area contributed by atoms with Crippen molar-refractivity contribution >= 4 is 56.1 Å². The van der Waals surface area contributed by atoms with Crippen molar-refractivity contribution in [2.45, 2.75) is 0 Å². The second-order valence-electron chi connectivity index (χ2n) is 5.62. The third-order valence-electron chi connectivity index (χ3n) is 3.92. The summed E-state index contributed by atoms with van der Waals surface area (Å²) in [7, 11) is 0. The standard InChI is InChI=1S/C19H13BrClN5/c20-26(14-4-2-1-3-5-14)18-15-10-12(13-8-9-23-17(21)11-13)6-7-16(15)24-19(22)25-18/h1-11H,(H2,22,24,25). The Morgan fingerprint density at radius 2 is 1.69 bits per heavy atom. The predicted molar refractivity (Wildman–Crippen MR) is 110 cm³/mol. The molecule has 5 nitrogen and oxygen atoms in total. The molecule has 0 aliphatic heterocycles. The smallest absolute Gasteiger partial charge is 0.222 e. The molecule has 4 aromatic rings. The number of nitrogens with two attached hydrogens (primary N) is 1. The van der Waals surface area contributed by atoms with Gasteiger partial charge in [0.05, 0.1) is 27.4 Å². The largest absolute Gasteiger partial charge is 0.368 e. The Morgan fingerprint density at radius 3 is 2.46 bits per heavy atom. The lowest BCUT2D eigenvalue weighted by molar-refractivity contribution is 1.21. The fourth-order valence-corrected chi connectivity index (χ4v) is 3.40. The van der Waals surface area contributed by atoms with Gasteiger partial charge in [-0.25, -0.2) is 9.97 Å². The van der Waals surface area contributed by atoms with Crippen molar-refractivity contribution < 1.29 is 0 Å². The van der Waals surface area contributed by atoms with Crippen LogP contribution in [0.3, 0.4) is 0 Å². The third-order valence-corrected chi connectivity index (χ3v) is 4.87. The van der Waals surface area contributed by atoms with Gasteiger partial charge in [-0.2, -0.15) is 4.98 Å². The average molecular weight is 427 g/mol. The fraction of sp³-hybridized carbons (Fsp3) is 0. The zero-order valence-corrected chi connectivity index (χ0v) is 15.8. The van der Waals surface area contributed by atoms with E-state index in [2.05, 4.69) is 31.1 Å². The van der Waals surface area contributed by atoms with Crippen LogP contribution < -0.4 is 9.66 Å². The number of halogens is 2. The molecule has 0 unspecified atom stereocenters. The van der Waals surface area contributed by atoms with Crippen LogP contribution in [0, 0.1) is 0 Å². The zero-order valence-electron chi connectivity index (χ0n) is 13.5. The fourth-order valence-electron chi connectivity index (χ4n) is 2.72. The van der Waals surface area contributed by atoms with E-state index in [9.17, 15) is 0 Å². The van der Waals surface area contributed by atoms with Gasteiger partial charge in [-0.15, -0.1) is 0 Å². The van der Waals surface area contributed by atoms with Gasteiger partial charge in [-0.05, 0) is 47.5 Å². The van der Waals surface area contributed by atoms with Gasteiger partial charge in [0.15, 0.2) is 5.82 Å². The van der Waals surface area contributed by atoms with Crippen molar-refractivity contribution in [2.75, 3.05) is 9.66 Å². The van der Waals surface area contributed by atoms with Crippen LogP contribution in [0.1, 0.15) is 0 Å². The van der Waals surface area contributed by atoms with E-state index in [-0.39, 0.29) is 5.95 Å². The Morgan fingerprint density at radius 1 is 0.923 bits per heavy atom. The molecule has 2 N–H and O–H groups in total. The predicted octanol–water partition coefficient (Wildman–Crippen LogP) is 5.38. The normalized spacial score (nSPS) is 10.8. The Hall–Kier alpha value is -2.70. The van der Waals surface area contributed by atoms with Crippen LogP contribution in [-0.4, -0.2) is 15.0 Å². The van der Waals surface area contributed by atoms with Crippen LogP contribution in [0.2, 0.25) is 5.15 Å². The van der Waals surface area contributed by atoms with E-state index in [0.717, 1.165) is 27.7 Å². The maximum Gasteiger partial charge on any atom is 0.222 e. The number of para-hydroxylation sites is 1. The first-order valence-corrected chi connectivity index (χ1v) is 8.91. The number of nitrogen functional groups attached to an aromatic ring is 1. The van der Waals surface area contributed by atoms with Crippen LogP contribution in [0.15, 0.2) is 66.9 Å². The summed E-state index contributed by atoms with van der Waals surface area (Å²) in [5.41, 5.74) is 9.57. The number of aromatic nitrogens is 3. The first-order chi connectivity index (χ1) is 12.6. The summed E-state index contributed by atoms with van der Waals surface area (Å²) in [5, 5.41) is 1.31. The summed E-state index contributed by atoms with van der Waals surface area (Å²) in [5.74, 6) is 0.883. The molecule has 0 spiro atoms. The van der Waals surface area contributed by atoms with Gasteiger partial charge in [-0.3, -0.25) is 3.93 Å². The van der Waals surface area contributed by atoms with Crippen LogP contribution in [-0.2, 0) is 0 Å². The van der Waals surface area contributed by atoms with Crippen molar-refractivity contribution in [3.05, 3.63) is 72.0 Å². The van der Waals surface area contributed by atoms with E-state index >= 15 is 0 Å². The van der Waals surface area contributed by atoms with Gasteiger partial charge < -0.3 is 5.73 Å². The lowest BCUT2D eigenvalue weighted by Crippen LogP contribution is -2.07. The highest BCUT2D eigenvalue weighted by atomic mass is 79.9. The van der Waals surface area contributed by atoms with E-state index in [1.165, 1.54) is 0 Å². The van der Waals surface area contributed by atoms with E-state index in [0.29, 0.717) is 11.0 Å². The molecular formula is C19H13BrClN5. The van der Waals surface area contributed by atoms with Crippen molar-refractivity contribution in [3.63, 3.8) is 0 Å². The molecule has 0 saturated heterocycles. The number of anilines is 3. The monoisotopic (exact) mass is 425 g/mol. The van der Waals surface area contributed by atoms with Gasteiger partial charge in [0.1, 0.15) is 5.15 Å². The molecule has 0 bridgehead atoms. The summed E-state index contributed by atoms with van der Waals surface area (Å²) in [4.78, 5) is 12.8. The van der Waals surface area contributed by atoms with Crippen molar-refractivity contribution in [1.29, 1.82) is 0 Å². The lowest BCUT2D eigenvalue weighted by Gasteiger charge is -2.18. The number of pyridine rings is 1. The Labute approximate surface area is 163 Å². The molecule has 2 heterocycles. The molecule has 4 rings (SSSR count). The minimum Gasteiger partial charge on any atom is -0.368 e. The summed E-state index contributed by atoms with van der Waals surface area (Å²) in [6.45, 7) is 0. The molecule has 2 aromatic heterocycles. The number of benzene rings is 2. The molecule has 7 heteroatoms. The maximum atomic E-state index is 6.03. The SMILES string of the molecule is Nc1nc(N(Br)c2ccccc2)c2cc(-c3ccnc(Cl)c3)ccc2n1. The molecule has 0 fully saturated rings. The van der Waals surface area contributed by atoms with E-state index in [1.54, 1.807) is 6.20 Å². The number of hydrogen-bond acceptors (Lipinski definition) is 5. The van der Waals surface area contributed by atoms with Crippen LogP contribution in [0.4, 0.5) is 17.5 Å². The average Bonchev–Trinajstić information content (AvgIpc) is 2.67. The Bertz CT molecular complexity index is 1090. The van der Waals surface area contributed by atoms with Crippen molar-refractivity contribution in [1.82, 2.24) is 15.0 Å². The lowest BCUT2D eigenvalue weighted by atomic mass is 10.0. The molecule has 0 aliphatic rings. The number of hydrogen-bond donors (Lipinski definition) is 1. The van der Waals surface area contributed by atoms with Gasteiger partial charge in [-0.1, -0.05) is 35.9 Å². The number of fused-ring (bicyclic) bond motifs is 1. The molecule has 0 radical (unpaired) electrons. The highest BCUT2D eigenvalue weighted by Gasteiger charge is 2.15. The van der Waals surface area contributed by atoms with Crippen molar-refractivity contribution in [3.8, 4) is 11.1 Å². The molecule has 0 amide bonds. The number of nitrogens with zero attached hydrogens (tertiary/aromatic N) is 4. The summed E-state index contributed by atoms with van der Waals surface area (Å²) < 4.78 is 1.82. The molecular weight excluding hydrogens is 414 g/mol. The minimum absolute atomic E-state index is 0.215. The first kappa shape index (κ1) is 16.8. The number of rotatable bonds is 3. The molecule has 0 atom stereocenters. The Kier molecular flexibility index (Phi) is 4.44. The van der Waals surface area contributed by atoms with E-state index in [4.69, 9.17) is 17.3 Å². The quantitative estimate of drug-likeness (QED) is 0.352. The van der Waals surface area contributed by atoms with E-state index in [1.807, 2.05) is 64.6 Å². The summed E-state index contributed by atoms with van der Waals surface area (Å²) >= 11 is 9.63. The topological polar surface area (TPSA) is 67.9 Å². The van der Waals surface area contributed by atoms with Crippen molar-refractivity contribution in [2.24, 2.45) is 0 Å². The molecule has 0 saturated carbocycles. The minimum atomic E-state index is 0.215. The van der Waals surface area contributed by atoms with Gasteiger partial charge in [0.25, 0.3) is 0 Å². The second kappa shape index (κ2) is 6.90.